The minimum Gasteiger partial charge on any atom is -0.370 e. The van der Waals surface area contributed by atoms with Crippen LogP contribution >= 0.6 is 23.2 Å². The van der Waals surface area contributed by atoms with Crippen molar-refractivity contribution in [2.45, 2.75) is 24.3 Å². The molecule has 3 aliphatic rings. The van der Waals surface area contributed by atoms with E-state index in [-0.39, 0.29) is 11.3 Å². The molecule has 1 aromatic rings. The van der Waals surface area contributed by atoms with Crippen molar-refractivity contribution in [1.29, 1.82) is 0 Å². The third-order valence-corrected chi connectivity index (χ3v) is 6.30. The molecule has 2 aliphatic heterocycles. The van der Waals surface area contributed by atoms with Gasteiger partial charge >= 0.3 is 0 Å². The predicted octanol–water partition coefficient (Wildman–Crippen LogP) is 3.62. The topological polar surface area (TPSA) is 26.8 Å². The van der Waals surface area contributed by atoms with Gasteiger partial charge in [0, 0.05) is 61.6 Å². The number of halogens is 2. The first-order valence-corrected chi connectivity index (χ1v) is 10.5. The van der Waals surface area contributed by atoms with E-state index in [9.17, 15) is 4.79 Å². The second kappa shape index (κ2) is 8.26. The van der Waals surface area contributed by atoms with Crippen molar-refractivity contribution in [2.75, 3.05) is 39.3 Å². The fourth-order valence-electron chi connectivity index (χ4n) is 4.18. The third-order valence-electron chi connectivity index (χ3n) is 5.74. The van der Waals surface area contributed by atoms with Gasteiger partial charge in [0.25, 0.3) is 5.91 Å². The molecule has 0 radical (unpaired) electrons. The maximum absolute atomic E-state index is 12.7. The van der Waals surface area contributed by atoms with Crippen molar-refractivity contribution in [3.63, 3.8) is 0 Å². The van der Waals surface area contributed by atoms with E-state index in [1.807, 2.05) is 4.90 Å². The van der Waals surface area contributed by atoms with Gasteiger partial charge in [0.1, 0.15) is 0 Å². The molecule has 1 amide bonds. The molecule has 2 saturated heterocycles. The summed E-state index contributed by atoms with van der Waals surface area (Å²) in [6, 6.07) is 7.72. The van der Waals surface area contributed by atoms with E-state index < -0.39 is 0 Å². The Balaban J connectivity index is 1.30. The number of piperazine rings is 1. The Kier molecular flexibility index (Phi) is 5.76. The fourth-order valence-corrected chi connectivity index (χ4v) is 4.54. The first-order chi connectivity index (χ1) is 13.1. The van der Waals surface area contributed by atoms with Gasteiger partial charge in [-0.3, -0.25) is 9.69 Å². The van der Waals surface area contributed by atoms with Crippen molar-refractivity contribution in [3.05, 3.63) is 58.8 Å². The highest BCUT2D eigenvalue weighted by atomic mass is 35.5. The van der Waals surface area contributed by atoms with Crippen LogP contribution < -0.4 is 0 Å². The highest BCUT2D eigenvalue weighted by Crippen LogP contribution is 2.25. The summed E-state index contributed by atoms with van der Waals surface area (Å²) in [5.74, 6) is 0.102. The standard InChI is InChI=1S/C21H25Cl2N3O/c22-17-6-4-16(5-7-17)21(27)25-12-10-24(11-13-25)20-8-9-26(15-20)19-3-1-2-18(23)14-19/h1,3-7,14,18,20H,2,8-13,15H2/t18?,20-/m0/s1. The van der Waals surface area contributed by atoms with Crippen LogP contribution in [0.25, 0.3) is 0 Å². The zero-order valence-electron chi connectivity index (χ0n) is 15.4. The summed E-state index contributed by atoms with van der Waals surface area (Å²) in [6.07, 6.45) is 8.63. The van der Waals surface area contributed by atoms with E-state index in [1.165, 1.54) is 12.1 Å². The number of likely N-dealkylation sites (tertiary alicyclic amines) is 1. The minimum atomic E-state index is 0.102. The summed E-state index contributed by atoms with van der Waals surface area (Å²) >= 11 is 12.2. The number of hydrogen-bond donors (Lipinski definition) is 0. The number of carbonyl (C=O) groups is 1. The second-order valence-electron chi connectivity index (χ2n) is 7.47. The molecule has 0 aromatic heterocycles. The van der Waals surface area contributed by atoms with Crippen molar-refractivity contribution in [2.24, 2.45) is 0 Å². The van der Waals surface area contributed by atoms with E-state index in [4.69, 9.17) is 23.2 Å². The van der Waals surface area contributed by atoms with E-state index in [0.717, 1.165) is 45.7 Å². The molecule has 1 aromatic carbocycles. The average Bonchev–Trinajstić information content (AvgIpc) is 3.18. The minimum absolute atomic E-state index is 0.102. The lowest BCUT2D eigenvalue weighted by Crippen LogP contribution is -2.52. The molecule has 27 heavy (non-hydrogen) atoms. The van der Waals surface area contributed by atoms with Crippen molar-refractivity contribution in [1.82, 2.24) is 14.7 Å². The number of alkyl halides is 1. The number of nitrogens with zero attached hydrogens (tertiary/aromatic N) is 3. The van der Waals surface area contributed by atoms with Gasteiger partial charge in [-0.25, -0.2) is 0 Å². The van der Waals surface area contributed by atoms with Gasteiger partial charge in [-0.1, -0.05) is 17.7 Å². The molecular weight excluding hydrogens is 381 g/mol. The van der Waals surface area contributed by atoms with E-state index in [1.54, 1.807) is 24.3 Å². The summed E-state index contributed by atoms with van der Waals surface area (Å²) in [6.45, 7) is 5.56. The molecular formula is C21H25Cl2N3O. The molecule has 1 unspecified atom stereocenters. The second-order valence-corrected chi connectivity index (χ2v) is 8.47. The normalized spacial score (nSPS) is 26.4. The monoisotopic (exact) mass is 405 g/mol. The smallest absolute Gasteiger partial charge is 0.253 e. The molecule has 2 fully saturated rings. The van der Waals surface area contributed by atoms with Crippen molar-refractivity contribution >= 4 is 29.1 Å². The van der Waals surface area contributed by atoms with Gasteiger partial charge in [0.2, 0.25) is 0 Å². The average molecular weight is 406 g/mol. The van der Waals surface area contributed by atoms with Crippen LogP contribution in [0.3, 0.4) is 0 Å². The molecule has 2 heterocycles. The van der Waals surface area contributed by atoms with Crippen LogP contribution in [-0.2, 0) is 0 Å². The molecule has 0 N–H and O–H groups in total. The molecule has 4 nitrogen and oxygen atoms in total. The molecule has 6 heteroatoms. The Labute approximate surface area is 171 Å². The number of benzene rings is 1. The van der Waals surface area contributed by atoms with Gasteiger partial charge < -0.3 is 9.80 Å². The summed E-state index contributed by atoms with van der Waals surface area (Å²) < 4.78 is 0. The summed E-state index contributed by atoms with van der Waals surface area (Å²) in [4.78, 5) is 19.6. The fraction of sp³-hybridized carbons (Fsp3) is 0.476. The predicted molar refractivity (Wildman–Crippen MR) is 110 cm³/mol. The Morgan fingerprint density at radius 3 is 2.48 bits per heavy atom. The number of hydrogen-bond acceptors (Lipinski definition) is 3. The largest absolute Gasteiger partial charge is 0.370 e. The van der Waals surface area contributed by atoms with Crippen molar-refractivity contribution < 1.29 is 4.79 Å². The summed E-state index contributed by atoms with van der Waals surface area (Å²) in [5, 5.41) is 0.775. The number of amides is 1. The Hall–Kier alpha value is -1.49. The van der Waals surface area contributed by atoms with Crippen LogP contribution in [0.5, 0.6) is 0 Å². The zero-order chi connectivity index (χ0) is 18.8. The molecule has 2 atom stereocenters. The molecule has 0 saturated carbocycles. The summed E-state index contributed by atoms with van der Waals surface area (Å²) in [7, 11) is 0. The zero-order valence-corrected chi connectivity index (χ0v) is 16.9. The van der Waals surface area contributed by atoms with Gasteiger partial charge in [0.05, 0.1) is 5.38 Å². The van der Waals surface area contributed by atoms with Crippen LogP contribution in [0.1, 0.15) is 23.2 Å². The molecule has 0 spiro atoms. The lowest BCUT2D eigenvalue weighted by Gasteiger charge is -2.38. The lowest BCUT2D eigenvalue weighted by molar-refractivity contribution is 0.0577. The van der Waals surface area contributed by atoms with Crippen LogP contribution in [0.4, 0.5) is 0 Å². The first-order valence-electron chi connectivity index (χ1n) is 9.66. The first kappa shape index (κ1) is 18.9. The number of rotatable bonds is 3. The van der Waals surface area contributed by atoms with Crippen LogP contribution in [-0.4, -0.2) is 71.3 Å². The van der Waals surface area contributed by atoms with E-state index in [2.05, 4.69) is 28.0 Å². The lowest BCUT2D eigenvalue weighted by atomic mass is 10.1. The third kappa shape index (κ3) is 4.34. The highest BCUT2D eigenvalue weighted by Gasteiger charge is 2.32. The Bertz CT molecular complexity index is 738. The summed E-state index contributed by atoms with van der Waals surface area (Å²) in [5.41, 5.74) is 1.98. The quantitative estimate of drug-likeness (QED) is 0.718. The number of allylic oxidation sites excluding steroid dienone is 3. The van der Waals surface area contributed by atoms with Crippen LogP contribution in [0.15, 0.2) is 48.2 Å². The molecule has 144 valence electrons. The molecule has 4 rings (SSSR count). The van der Waals surface area contributed by atoms with E-state index >= 15 is 0 Å². The maximum Gasteiger partial charge on any atom is 0.253 e. The Morgan fingerprint density at radius 2 is 1.78 bits per heavy atom. The highest BCUT2D eigenvalue weighted by molar-refractivity contribution is 6.30. The van der Waals surface area contributed by atoms with Crippen LogP contribution in [0.2, 0.25) is 5.02 Å². The van der Waals surface area contributed by atoms with Gasteiger partial charge in [-0.15, -0.1) is 11.6 Å². The van der Waals surface area contributed by atoms with Gasteiger partial charge in [-0.05, 0) is 49.3 Å². The molecule has 0 bridgehead atoms. The molecule has 1 aliphatic carbocycles. The maximum atomic E-state index is 12.7. The number of carbonyl (C=O) groups excluding carboxylic acids is 1. The Morgan fingerprint density at radius 1 is 1.04 bits per heavy atom. The van der Waals surface area contributed by atoms with Gasteiger partial charge in [-0.2, -0.15) is 0 Å². The van der Waals surface area contributed by atoms with Gasteiger partial charge in [0.15, 0.2) is 0 Å². The SMILES string of the molecule is O=C(c1ccc(Cl)cc1)N1CCN([C@H]2CCN(C3=CC(Cl)CC=C3)C2)CC1. The van der Waals surface area contributed by atoms with Crippen LogP contribution in [0, 0.1) is 0 Å². The van der Waals surface area contributed by atoms with Crippen molar-refractivity contribution in [3.8, 4) is 0 Å². The van der Waals surface area contributed by atoms with E-state index in [0.29, 0.717) is 16.6 Å².